The minimum atomic E-state index is 0.0369. The van der Waals surface area contributed by atoms with Gasteiger partial charge < -0.3 is 15.4 Å². The summed E-state index contributed by atoms with van der Waals surface area (Å²) in [5.74, 6) is 0.630. The lowest BCUT2D eigenvalue weighted by molar-refractivity contribution is -0.130. The predicted octanol–water partition coefficient (Wildman–Crippen LogP) is 1.15. The summed E-state index contributed by atoms with van der Waals surface area (Å²) in [6.07, 6.45) is 7.40. The summed E-state index contributed by atoms with van der Waals surface area (Å²) in [5.41, 5.74) is 14.1. The maximum absolute atomic E-state index is 12.3. The second-order valence-corrected chi connectivity index (χ2v) is 6.86. The average molecular weight is 383 g/mol. The summed E-state index contributed by atoms with van der Waals surface area (Å²) in [6, 6.07) is 1.71. The molecule has 1 amide bonds. The molecule has 1 saturated heterocycles. The zero-order chi connectivity index (χ0) is 19.5. The number of likely N-dealkylation sites (tertiary alicyclic amines) is 1. The second kappa shape index (κ2) is 7.71. The van der Waals surface area contributed by atoms with Crippen LogP contribution < -0.4 is 10.5 Å². The number of amides is 1. The van der Waals surface area contributed by atoms with E-state index in [1.54, 1.807) is 12.3 Å². The van der Waals surface area contributed by atoms with Crippen LogP contribution in [0.4, 0.5) is 0 Å². The van der Waals surface area contributed by atoms with Crippen molar-refractivity contribution >= 4 is 11.7 Å². The van der Waals surface area contributed by atoms with E-state index >= 15 is 0 Å². The van der Waals surface area contributed by atoms with Gasteiger partial charge >= 0.3 is 0 Å². The van der Waals surface area contributed by atoms with Gasteiger partial charge in [-0.1, -0.05) is 10.4 Å². The van der Waals surface area contributed by atoms with Gasteiger partial charge in [0.05, 0.1) is 12.3 Å². The Balaban J connectivity index is 1.57. The minimum absolute atomic E-state index is 0.0369. The maximum Gasteiger partial charge on any atom is 0.244 e. The highest BCUT2D eigenvalue weighted by atomic mass is 16.5. The second-order valence-electron chi connectivity index (χ2n) is 6.86. The molecule has 4 rings (SSSR count). The molecule has 0 radical (unpaired) electrons. The van der Waals surface area contributed by atoms with Gasteiger partial charge in [0.1, 0.15) is 23.7 Å². The highest BCUT2D eigenvalue weighted by Crippen LogP contribution is 2.33. The lowest BCUT2D eigenvalue weighted by Gasteiger charge is -2.14. The van der Waals surface area contributed by atoms with Crippen LogP contribution in [0.5, 0.6) is 5.75 Å². The molecule has 2 fully saturated rings. The number of rotatable bonds is 7. The summed E-state index contributed by atoms with van der Waals surface area (Å²) in [7, 11) is 0. The number of carbonyl (C=O) groups excluding carboxylic acids is 1. The summed E-state index contributed by atoms with van der Waals surface area (Å²) >= 11 is 0. The monoisotopic (exact) mass is 383 g/mol. The van der Waals surface area contributed by atoms with Gasteiger partial charge in [-0.15, -0.1) is 10.2 Å². The fourth-order valence-corrected chi connectivity index (χ4v) is 3.03. The van der Waals surface area contributed by atoms with Crippen LogP contribution in [-0.4, -0.2) is 55.8 Å². The van der Waals surface area contributed by atoms with Crippen molar-refractivity contribution in [2.45, 2.75) is 38.3 Å². The summed E-state index contributed by atoms with van der Waals surface area (Å²) < 4.78 is 7.46. The first kappa shape index (κ1) is 18.0. The van der Waals surface area contributed by atoms with Crippen molar-refractivity contribution in [3.63, 3.8) is 0 Å². The third-order valence-corrected chi connectivity index (χ3v) is 4.66. The first-order valence-corrected chi connectivity index (χ1v) is 9.19. The van der Waals surface area contributed by atoms with Crippen LogP contribution >= 0.6 is 0 Å². The predicted molar refractivity (Wildman–Crippen MR) is 98.6 cm³/mol. The molecule has 1 aliphatic carbocycles. The molecule has 0 atom stereocenters. The van der Waals surface area contributed by atoms with Gasteiger partial charge in [0.15, 0.2) is 5.84 Å². The maximum atomic E-state index is 12.3. The SMILES string of the molecule is N=NN=C(N)c1cnc(-c2cn(CC(=O)N3CCCC3)nn2)c(OC2CC2)c1. The molecule has 2 aliphatic rings. The average Bonchev–Trinajstić information content (AvgIpc) is 3.16. The number of hydrogen-bond acceptors (Lipinski definition) is 7. The van der Waals surface area contributed by atoms with Crippen LogP contribution in [0.3, 0.4) is 0 Å². The number of nitrogens with one attached hydrogen (secondary N) is 1. The molecule has 0 aromatic carbocycles. The topological polar surface area (TPSA) is 148 Å². The van der Waals surface area contributed by atoms with Gasteiger partial charge in [-0.05, 0) is 31.7 Å². The van der Waals surface area contributed by atoms with E-state index in [4.69, 9.17) is 16.0 Å². The Morgan fingerprint density at radius 1 is 1.36 bits per heavy atom. The molecule has 28 heavy (non-hydrogen) atoms. The summed E-state index contributed by atoms with van der Waals surface area (Å²) in [4.78, 5) is 18.6. The molecule has 11 nitrogen and oxygen atoms in total. The van der Waals surface area contributed by atoms with Crippen LogP contribution in [0.25, 0.3) is 11.4 Å². The number of hydrogen-bond donors (Lipinski definition) is 2. The number of pyridine rings is 1. The number of nitrogens with zero attached hydrogens (tertiary/aromatic N) is 7. The Bertz CT molecular complexity index is 913. The smallest absolute Gasteiger partial charge is 0.244 e. The summed E-state index contributed by atoms with van der Waals surface area (Å²) in [5, 5.41) is 14.7. The molecule has 1 saturated carbocycles. The standard InChI is InChI=1S/C17H21N9O2/c18-17(22-23-19)11-7-14(28-12-3-4-12)16(20-8-11)13-9-26(24-21-13)10-15(27)25-5-1-2-6-25/h7-9,12H,1-6,10H2,(H3,18,19,22). The highest BCUT2D eigenvalue weighted by molar-refractivity contribution is 5.97. The van der Waals surface area contributed by atoms with E-state index in [1.165, 1.54) is 10.9 Å². The van der Waals surface area contributed by atoms with E-state index in [1.807, 2.05) is 4.90 Å². The van der Waals surface area contributed by atoms with Gasteiger partial charge in [-0.3, -0.25) is 4.79 Å². The molecular weight excluding hydrogens is 362 g/mol. The first-order valence-electron chi connectivity index (χ1n) is 9.19. The van der Waals surface area contributed by atoms with Crippen LogP contribution in [0.15, 0.2) is 28.8 Å². The van der Waals surface area contributed by atoms with Crippen molar-refractivity contribution in [3.05, 3.63) is 24.0 Å². The van der Waals surface area contributed by atoms with Crippen LogP contribution in [-0.2, 0) is 11.3 Å². The van der Waals surface area contributed by atoms with Crippen molar-refractivity contribution in [2.75, 3.05) is 13.1 Å². The van der Waals surface area contributed by atoms with Crippen molar-refractivity contribution in [1.82, 2.24) is 24.9 Å². The number of nitrogens with two attached hydrogens (primary N) is 1. The molecule has 3 heterocycles. The van der Waals surface area contributed by atoms with Crippen LogP contribution in [0.1, 0.15) is 31.2 Å². The van der Waals surface area contributed by atoms with E-state index < -0.39 is 0 Å². The van der Waals surface area contributed by atoms with Gasteiger partial charge in [0.25, 0.3) is 0 Å². The lowest BCUT2D eigenvalue weighted by Crippen LogP contribution is -2.31. The third kappa shape index (κ3) is 3.97. The lowest BCUT2D eigenvalue weighted by atomic mass is 10.2. The molecular formula is C17H21N9O2. The third-order valence-electron chi connectivity index (χ3n) is 4.66. The fraction of sp³-hybridized carbons (Fsp3) is 0.471. The number of carbonyl (C=O) groups is 1. The van der Waals surface area contributed by atoms with Crippen molar-refractivity contribution in [2.24, 2.45) is 16.1 Å². The zero-order valence-corrected chi connectivity index (χ0v) is 15.3. The fourth-order valence-electron chi connectivity index (χ4n) is 3.03. The van der Waals surface area contributed by atoms with Crippen LogP contribution in [0.2, 0.25) is 0 Å². The van der Waals surface area contributed by atoms with Crippen molar-refractivity contribution in [1.29, 1.82) is 5.53 Å². The number of aromatic nitrogens is 4. The molecule has 3 N–H and O–H groups in total. The molecule has 0 spiro atoms. The van der Waals surface area contributed by atoms with Crippen molar-refractivity contribution in [3.8, 4) is 17.1 Å². The Hall–Kier alpha value is -3.37. The largest absolute Gasteiger partial charge is 0.488 e. The van der Waals surface area contributed by atoms with Gasteiger partial charge in [-0.25, -0.2) is 9.67 Å². The Morgan fingerprint density at radius 2 is 2.14 bits per heavy atom. The van der Waals surface area contributed by atoms with Crippen LogP contribution in [0, 0.1) is 5.53 Å². The van der Waals surface area contributed by atoms with Gasteiger partial charge in [-0.2, -0.15) is 5.53 Å². The minimum Gasteiger partial charge on any atom is -0.488 e. The van der Waals surface area contributed by atoms with E-state index in [0.717, 1.165) is 38.8 Å². The Kier molecular flexibility index (Phi) is 4.96. The Morgan fingerprint density at radius 3 is 2.86 bits per heavy atom. The van der Waals surface area contributed by atoms with Gasteiger partial charge in [0, 0.05) is 24.8 Å². The normalized spacial score (nSPS) is 17.0. The molecule has 0 unspecified atom stereocenters. The summed E-state index contributed by atoms with van der Waals surface area (Å²) in [6.45, 7) is 1.75. The van der Waals surface area contributed by atoms with E-state index in [2.05, 4.69) is 25.6 Å². The Labute approximate surface area is 161 Å². The molecule has 0 bridgehead atoms. The zero-order valence-electron chi connectivity index (χ0n) is 15.3. The quantitative estimate of drug-likeness (QED) is 0.317. The highest BCUT2D eigenvalue weighted by Gasteiger charge is 2.26. The van der Waals surface area contributed by atoms with E-state index in [0.29, 0.717) is 22.7 Å². The van der Waals surface area contributed by atoms with E-state index in [-0.39, 0.29) is 24.4 Å². The van der Waals surface area contributed by atoms with Crippen molar-refractivity contribution < 1.29 is 9.53 Å². The van der Waals surface area contributed by atoms with E-state index in [9.17, 15) is 4.79 Å². The van der Waals surface area contributed by atoms with Gasteiger partial charge in [0.2, 0.25) is 5.91 Å². The molecule has 11 heteroatoms. The number of ether oxygens (including phenoxy) is 1. The number of amidine groups is 1. The molecule has 1 aliphatic heterocycles. The molecule has 2 aromatic heterocycles. The first-order chi connectivity index (χ1) is 13.6. The molecule has 146 valence electrons. The molecule has 2 aromatic rings.